The highest BCUT2D eigenvalue weighted by Gasteiger charge is 2.23. The van der Waals surface area contributed by atoms with E-state index in [4.69, 9.17) is 6.11 Å². The largest absolute Gasteiger partial charge is 0.456 e. The number of ether oxygens (including phenoxy) is 1. The summed E-state index contributed by atoms with van der Waals surface area (Å²) in [4.78, 5) is 0. The molecule has 0 atom stereocenters. The lowest BCUT2D eigenvalue weighted by atomic mass is 9.83. The van der Waals surface area contributed by atoms with E-state index in [2.05, 4.69) is 97.1 Å². The van der Waals surface area contributed by atoms with Crippen LogP contribution in [0, 0.1) is 0 Å². The zero-order valence-corrected chi connectivity index (χ0v) is 20.0. The van der Waals surface area contributed by atoms with Gasteiger partial charge in [0, 0.05) is 10.9 Å². The van der Waals surface area contributed by atoms with Crippen molar-refractivity contribution in [1.29, 1.82) is 0 Å². The third kappa shape index (κ3) is 2.92. The Bertz CT molecular complexity index is 2060. The van der Waals surface area contributed by atoms with Crippen molar-refractivity contribution in [2.24, 2.45) is 0 Å². The molecular formula is C36H22O. The van der Waals surface area contributed by atoms with E-state index in [1.54, 1.807) is 0 Å². The molecule has 37 heavy (non-hydrogen) atoms. The van der Waals surface area contributed by atoms with Crippen LogP contribution in [0.5, 0.6) is 11.5 Å². The molecular weight excluding hydrogens is 448 g/mol. The van der Waals surface area contributed by atoms with Gasteiger partial charge in [-0.2, -0.15) is 0 Å². The van der Waals surface area contributed by atoms with Crippen LogP contribution in [0.4, 0.5) is 0 Å². The number of hydrogen-bond donors (Lipinski definition) is 0. The zero-order valence-electron chi connectivity index (χ0n) is 21.0. The van der Waals surface area contributed by atoms with Gasteiger partial charge in [0.15, 0.2) is 0 Å². The van der Waals surface area contributed by atoms with E-state index in [0.717, 1.165) is 38.8 Å². The van der Waals surface area contributed by atoms with Gasteiger partial charge in [-0.1, -0.05) is 115 Å². The van der Waals surface area contributed by atoms with Crippen LogP contribution in [0.3, 0.4) is 0 Å². The maximum Gasteiger partial charge on any atom is 0.135 e. The molecule has 7 aromatic carbocycles. The van der Waals surface area contributed by atoms with E-state index in [-0.39, 0.29) is 0 Å². The van der Waals surface area contributed by atoms with Crippen molar-refractivity contribution in [1.82, 2.24) is 0 Å². The second-order valence-corrected chi connectivity index (χ2v) is 9.57. The molecule has 0 fully saturated rings. The summed E-state index contributed by atoms with van der Waals surface area (Å²) in [5.74, 6) is 1.78. The average molecular weight is 472 g/mol. The highest BCUT2D eigenvalue weighted by Crippen LogP contribution is 2.51. The van der Waals surface area contributed by atoms with Crippen molar-refractivity contribution in [2.45, 2.75) is 0 Å². The summed E-state index contributed by atoms with van der Waals surface area (Å²) in [6.45, 7) is 0. The third-order valence-corrected chi connectivity index (χ3v) is 7.60. The topological polar surface area (TPSA) is 9.23 Å². The molecule has 0 radical (unpaired) electrons. The van der Waals surface area contributed by atoms with Gasteiger partial charge in [0.25, 0.3) is 0 Å². The Morgan fingerprint density at radius 3 is 1.92 bits per heavy atom. The first-order chi connectivity index (χ1) is 18.8. The SMILES string of the molecule is [2H]c1ccc2c(-c3ccc4c5c(cccc35)-c3ccccc3O4)c3ccccc3c(-c3ccccc3)c2c1. The van der Waals surface area contributed by atoms with Crippen molar-refractivity contribution in [3.8, 4) is 44.9 Å². The molecule has 8 rings (SSSR count). The summed E-state index contributed by atoms with van der Waals surface area (Å²) in [7, 11) is 0. The zero-order chi connectivity index (χ0) is 25.2. The molecule has 0 unspecified atom stereocenters. The average Bonchev–Trinajstić information content (AvgIpc) is 2.97. The first-order valence-electron chi connectivity index (χ1n) is 13.1. The second-order valence-electron chi connectivity index (χ2n) is 9.57. The standard InChI is InChI=1S/C36H22O/c1-2-11-23(12-3-1)34-26-14-4-6-16-28(26)35(29-17-7-5-15-27(29)34)31-21-22-33-36-25(18-10-19-30(31)36)24-13-8-9-20-32(24)37-33/h1-22H/i4D. The molecule has 0 saturated carbocycles. The fourth-order valence-corrected chi connectivity index (χ4v) is 6.07. The minimum Gasteiger partial charge on any atom is -0.456 e. The smallest absolute Gasteiger partial charge is 0.135 e. The molecule has 1 heterocycles. The molecule has 1 aliphatic heterocycles. The van der Waals surface area contributed by atoms with E-state index in [0.29, 0.717) is 6.04 Å². The minimum atomic E-state index is 0.512. The summed E-state index contributed by atoms with van der Waals surface area (Å²) in [5, 5.41) is 6.95. The lowest BCUT2D eigenvalue weighted by molar-refractivity contribution is 0.487. The minimum absolute atomic E-state index is 0.512. The molecule has 7 aromatic rings. The summed E-state index contributed by atoms with van der Waals surface area (Å²) >= 11 is 0. The lowest BCUT2D eigenvalue weighted by Crippen LogP contribution is -1.98. The maximum atomic E-state index is 8.49. The summed E-state index contributed by atoms with van der Waals surface area (Å²) in [6.07, 6.45) is 0. The van der Waals surface area contributed by atoms with Gasteiger partial charge in [-0.05, 0) is 72.9 Å². The lowest BCUT2D eigenvalue weighted by Gasteiger charge is -2.24. The number of hydrogen-bond acceptors (Lipinski definition) is 1. The molecule has 0 aromatic heterocycles. The van der Waals surface area contributed by atoms with Crippen LogP contribution < -0.4 is 4.74 Å². The predicted molar refractivity (Wildman–Crippen MR) is 155 cm³/mol. The van der Waals surface area contributed by atoms with Gasteiger partial charge in [-0.3, -0.25) is 0 Å². The van der Waals surface area contributed by atoms with Gasteiger partial charge < -0.3 is 4.74 Å². The van der Waals surface area contributed by atoms with Crippen LogP contribution in [0.1, 0.15) is 1.37 Å². The highest BCUT2D eigenvalue weighted by atomic mass is 16.5. The van der Waals surface area contributed by atoms with Crippen LogP contribution in [-0.2, 0) is 0 Å². The van der Waals surface area contributed by atoms with Crippen molar-refractivity contribution >= 4 is 32.3 Å². The normalized spacial score (nSPS) is 12.4. The third-order valence-electron chi connectivity index (χ3n) is 7.60. The van der Waals surface area contributed by atoms with E-state index < -0.39 is 0 Å². The molecule has 1 nitrogen and oxygen atoms in total. The Morgan fingerprint density at radius 2 is 1.05 bits per heavy atom. The van der Waals surface area contributed by atoms with Crippen LogP contribution in [0.2, 0.25) is 0 Å². The Morgan fingerprint density at radius 1 is 0.405 bits per heavy atom. The van der Waals surface area contributed by atoms with E-state index in [9.17, 15) is 0 Å². The fourth-order valence-electron chi connectivity index (χ4n) is 6.07. The molecule has 0 saturated heterocycles. The fraction of sp³-hybridized carbons (Fsp3) is 0. The van der Waals surface area contributed by atoms with Crippen LogP contribution in [-0.4, -0.2) is 0 Å². The molecule has 1 aliphatic rings. The van der Waals surface area contributed by atoms with Gasteiger partial charge in [-0.25, -0.2) is 0 Å². The molecule has 0 spiro atoms. The molecule has 0 aliphatic carbocycles. The van der Waals surface area contributed by atoms with Crippen molar-refractivity contribution in [2.75, 3.05) is 0 Å². The van der Waals surface area contributed by atoms with Gasteiger partial charge in [0.1, 0.15) is 11.5 Å². The summed E-state index contributed by atoms with van der Waals surface area (Å²) in [5.41, 5.74) is 7.02. The number of rotatable bonds is 2. The van der Waals surface area contributed by atoms with Crippen LogP contribution in [0.25, 0.3) is 65.7 Å². The van der Waals surface area contributed by atoms with Crippen LogP contribution >= 0.6 is 0 Å². The van der Waals surface area contributed by atoms with Crippen molar-refractivity contribution < 1.29 is 6.11 Å². The Balaban J connectivity index is 1.54. The maximum absolute atomic E-state index is 8.49. The Hall–Kier alpha value is -4.88. The summed E-state index contributed by atoms with van der Waals surface area (Å²) in [6, 6.07) is 44.9. The van der Waals surface area contributed by atoms with Crippen LogP contribution in [0.15, 0.2) is 133 Å². The Labute approximate surface area is 216 Å². The quantitative estimate of drug-likeness (QED) is 0.228. The van der Waals surface area contributed by atoms with Gasteiger partial charge in [-0.15, -0.1) is 0 Å². The monoisotopic (exact) mass is 471 g/mol. The van der Waals surface area contributed by atoms with Crippen molar-refractivity contribution in [3.63, 3.8) is 0 Å². The molecule has 0 N–H and O–H groups in total. The molecule has 0 amide bonds. The second kappa shape index (κ2) is 7.81. The highest BCUT2D eigenvalue weighted by molar-refractivity contribution is 6.24. The van der Waals surface area contributed by atoms with E-state index in [1.807, 2.05) is 30.3 Å². The predicted octanol–water partition coefficient (Wildman–Crippen LogP) is 10.3. The summed E-state index contributed by atoms with van der Waals surface area (Å²) < 4.78 is 14.9. The number of benzene rings is 7. The first kappa shape index (κ1) is 19.3. The molecule has 0 bridgehead atoms. The van der Waals surface area contributed by atoms with Gasteiger partial charge in [0.05, 0.1) is 1.37 Å². The van der Waals surface area contributed by atoms with Gasteiger partial charge >= 0.3 is 0 Å². The van der Waals surface area contributed by atoms with E-state index >= 15 is 0 Å². The molecule has 172 valence electrons. The number of fused-ring (bicyclic) bond motifs is 4. The van der Waals surface area contributed by atoms with Gasteiger partial charge in [0.2, 0.25) is 0 Å². The van der Waals surface area contributed by atoms with Crippen molar-refractivity contribution in [3.05, 3.63) is 133 Å². The number of para-hydroxylation sites is 1. The first-order valence-corrected chi connectivity index (χ1v) is 12.6. The molecule has 1 heteroatoms. The van der Waals surface area contributed by atoms with E-state index in [1.165, 1.54) is 38.4 Å². The Kier molecular flexibility index (Phi) is 4.08.